The number of hydrogen-bond donors (Lipinski definition) is 1. The molecular weight excluding hydrogens is 242 g/mol. The molecule has 5 nitrogen and oxygen atoms in total. The Morgan fingerprint density at radius 3 is 2.79 bits per heavy atom. The number of nitrogens with two attached hydrogens (primary N) is 1. The van der Waals surface area contributed by atoms with Crippen LogP contribution < -0.4 is 15.2 Å². The maximum atomic E-state index is 5.68. The molecule has 0 atom stereocenters. The van der Waals surface area contributed by atoms with E-state index in [1.807, 2.05) is 30.1 Å². The molecule has 0 unspecified atom stereocenters. The molecule has 0 saturated heterocycles. The second-order valence-electron chi connectivity index (χ2n) is 4.71. The Labute approximate surface area is 112 Å². The number of aryl methyl sites for hydroxylation is 2. The molecule has 5 heteroatoms. The van der Waals surface area contributed by atoms with Crippen LogP contribution in [-0.2, 0) is 13.5 Å². The molecule has 0 bridgehead atoms. The first-order chi connectivity index (χ1) is 9.20. The van der Waals surface area contributed by atoms with E-state index in [1.54, 1.807) is 0 Å². The van der Waals surface area contributed by atoms with Gasteiger partial charge in [-0.05, 0) is 31.2 Å². The number of fused-ring (bicyclic) bond motifs is 1. The molecule has 0 amide bonds. The minimum absolute atomic E-state index is 0.288. The highest BCUT2D eigenvalue weighted by molar-refractivity contribution is 5.70. The van der Waals surface area contributed by atoms with Crippen molar-refractivity contribution in [3.8, 4) is 22.8 Å². The van der Waals surface area contributed by atoms with Gasteiger partial charge in [0.15, 0.2) is 11.5 Å². The summed E-state index contributed by atoms with van der Waals surface area (Å²) in [4.78, 5) is 4.50. The summed E-state index contributed by atoms with van der Waals surface area (Å²) < 4.78 is 12.8. The second-order valence-corrected chi connectivity index (χ2v) is 4.71. The predicted octanol–water partition coefficient (Wildman–Crippen LogP) is 1.63. The highest BCUT2D eigenvalue weighted by atomic mass is 16.7. The zero-order valence-corrected chi connectivity index (χ0v) is 11.1. The fourth-order valence-corrected chi connectivity index (χ4v) is 2.41. The van der Waals surface area contributed by atoms with Gasteiger partial charge in [-0.2, -0.15) is 0 Å². The lowest BCUT2D eigenvalue weighted by atomic mass is 10.0. The molecule has 1 aromatic heterocycles. The van der Waals surface area contributed by atoms with Gasteiger partial charge in [0.2, 0.25) is 6.79 Å². The molecule has 1 aliphatic rings. The summed E-state index contributed by atoms with van der Waals surface area (Å²) in [5, 5.41) is 0. The smallest absolute Gasteiger partial charge is 0.231 e. The van der Waals surface area contributed by atoms with E-state index in [9.17, 15) is 0 Å². The van der Waals surface area contributed by atoms with Crippen LogP contribution in [0.2, 0.25) is 0 Å². The van der Waals surface area contributed by atoms with E-state index in [0.717, 1.165) is 40.4 Å². The minimum Gasteiger partial charge on any atom is -0.454 e. The third kappa shape index (κ3) is 1.96. The lowest BCUT2D eigenvalue weighted by Crippen LogP contribution is -2.07. The summed E-state index contributed by atoms with van der Waals surface area (Å²) in [6.07, 6.45) is 2.63. The molecular formula is C14H17N3O2. The predicted molar refractivity (Wildman–Crippen MR) is 72.3 cm³/mol. The van der Waals surface area contributed by atoms with E-state index in [-0.39, 0.29) is 6.79 Å². The van der Waals surface area contributed by atoms with E-state index in [2.05, 4.69) is 11.9 Å². The fraction of sp³-hybridized carbons (Fsp3) is 0.357. The average Bonchev–Trinajstić information content (AvgIpc) is 2.97. The summed E-state index contributed by atoms with van der Waals surface area (Å²) in [7, 11) is 1.99. The lowest BCUT2D eigenvalue weighted by molar-refractivity contribution is 0.174. The van der Waals surface area contributed by atoms with Crippen LogP contribution in [0.4, 0.5) is 0 Å². The largest absolute Gasteiger partial charge is 0.454 e. The summed E-state index contributed by atoms with van der Waals surface area (Å²) in [6.45, 7) is 2.95. The maximum Gasteiger partial charge on any atom is 0.231 e. The third-order valence-corrected chi connectivity index (χ3v) is 3.41. The van der Waals surface area contributed by atoms with Crippen LogP contribution in [0.3, 0.4) is 0 Å². The van der Waals surface area contributed by atoms with Gasteiger partial charge in [0.25, 0.3) is 0 Å². The van der Waals surface area contributed by atoms with E-state index >= 15 is 0 Å². The molecule has 1 aliphatic heterocycles. The van der Waals surface area contributed by atoms with E-state index < -0.39 is 0 Å². The van der Waals surface area contributed by atoms with E-state index in [0.29, 0.717) is 6.54 Å². The van der Waals surface area contributed by atoms with Crippen LogP contribution in [0, 0.1) is 6.92 Å². The van der Waals surface area contributed by atoms with Crippen LogP contribution in [0.25, 0.3) is 11.3 Å². The second kappa shape index (κ2) is 4.59. The van der Waals surface area contributed by atoms with Crippen molar-refractivity contribution in [3.63, 3.8) is 0 Å². The third-order valence-electron chi connectivity index (χ3n) is 3.41. The molecule has 2 heterocycles. The summed E-state index contributed by atoms with van der Waals surface area (Å²) in [5.74, 6) is 1.59. The van der Waals surface area contributed by atoms with Crippen LogP contribution in [0.15, 0.2) is 18.5 Å². The Morgan fingerprint density at radius 1 is 1.32 bits per heavy atom. The van der Waals surface area contributed by atoms with Crippen molar-refractivity contribution in [2.45, 2.75) is 13.3 Å². The number of imidazole rings is 1. The normalized spacial score (nSPS) is 13.0. The van der Waals surface area contributed by atoms with Gasteiger partial charge in [-0.25, -0.2) is 4.98 Å². The molecule has 0 aliphatic carbocycles. The van der Waals surface area contributed by atoms with Crippen LogP contribution in [0.5, 0.6) is 11.5 Å². The maximum absolute atomic E-state index is 5.68. The van der Waals surface area contributed by atoms with Gasteiger partial charge < -0.3 is 19.8 Å². The van der Waals surface area contributed by atoms with Gasteiger partial charge in [-0.15, -0.1) is 0 Å². The van der Waals surface area contributed by atoms with Crippen molar-refractivity contribution in [2.75, 3.05) is 13.3 Å². The molecule has 100 valence electrons. The van der Waals surface area contributed by atoms with Crippen molar-refractivity contribution in [1.29, 1.82) is 0 Å². The zero-order chi connectivity index (χ0) is 13.4. The molecule has 0 saturated carbocycles. The van der Waals surface area contributed by atoms with Gasteiger partial charge in [0, 0.05) is 24.7 Å². The van der Waals surface area contributed by atoms with Gasteiger partial charge in [0.05, 0.1) is 12.0 Å². The molecule has 1 aromatic carbocycles. The fourth-order valence-electron chi connectivity index (χ4n) is 2.41. The SMILES string of the molecule is Cc1cc2c(cc1-c1ncn(C)c1CCN)OCO2. The van der Waals surface area contributed by atoms with Gasteiger partial charge in [-0.3, -0.25) is 0 Å². The summed E-state index contributed by atoms with van der Waals surface area (Å²) in [5.41, 5.74) is 10.00. The van der Waals surface area contributed by atoms with Crippen molar-refractivity contribution in [2.24, 2.45) is 12.8 Å². The summed E-state index contributed by atoms with van der Waals surface area (Å²) >= 11 is 0. The topological polar surface area (TPSA) is 62.3 Å². The Hall–Kier alpha value is -2.01. The highest BCUT2D eigenvalue weighted by Crippen LogP contribution is 2.38. The first-order valence-electron chi connectivity index (χ1n) is 6.31. The Balaban J connectivity index is 2.12. The minimum atomic E-state index is 0.288. The van der Waals surface area contributed by atoms with Crippen LogP contribution >= 0.6 is 0 Å². The first kappa shape index (κ1) is 12.0. The molecule has 2 N–H and O–H groups in total. The number of rotatable bonds is 3. The molecule has 0 fully saturated rings. The molecule has 2 aromatic rings. The number of ether oxygens (including phenoxy) is 2. The van der Waals surface area contributed by atoms with Crippen LogP contribution in [-0.4, -0.2) is 22.9 Å². The van der Waals surface area contributed by atoms with Crippen molar-refractivity contribution < 1.29 is 9.47 Å². The highest BCUT2D eigenvalue weighted by Gasteiger charge is 2.19. The standard InChI is InChI=1S/C14H17N3O2/c1-9-5-12-13(19-8-18-12)6-10(9)14-11(3-4-15)17(2)7-16-14/h5-7H,3-4,8,15H2,1-2H3. The van der Waals surface area contributed by atoms with Crippen molar-refractivity contribution in [3.05, 3.63) is 29.7 Å². The molecule has 0 spiro atoms. The Kier molecular flexibility index (Phi) is 2.91. The number of benzene rings is 1. The van der Waals surface area contributed by atoms with Crippen molar-refractivity contribution in [1.82, 2.24) is 9.55 Å². The number of hydrogen-bond acceptors (Lipinski definition) is 4. The van der Waals surface area contributed by atoms with Crippen LogP contribution in [0.1, 0.15) is 11.3 Å². The first-order valence-corrected chi connectivity index (χ1v) is 6.31. The number of nitrogens with zero attached hydrogens (tertiary/aromatic N) is 2. The quantitative estimate of drug-likeness (QED) is 0.910. The average molecular weight is 259 g/mol. The summed E-state index contributed by atoms with van der Waals surface area (Å²) in [6, 6.07) is 4.00. The molecule has 3 rings (SSSR count). The lowest BCUT2D eigenvalue weighted by Gasteiger charge is -2.09. The molecule has 0 radical (unpaired) electrons. The van der Waals surface area contributed by atoms with E-state index in [1.165, 1.54) is 0 Å². The Bertz CT molecular complexity index is 619. The van der Waals surface area contributed by atoms with Gasteiger partial charge >= 0.3 is 0 Å². The monoisotopic (exact) mass is 259 g/mol. The van der Waals surface area contributed by atoms with Gasteiger partial charge in [0.1, 0.15) is 0 Å². The Morgan fingerprint density at radius 2 is 2.05 bits per heavy atom. The van der Waals surface area contributed by atoms with Crippen molar-refractivity contribution >= 4 is 0 Å². The molecule has 19 heavy (non-hydrogen) atoms. The van der Waals surface area contributed by atoms with E-state index in [4.69, 9.17) is 15.2 Å². The number of aromatic nitrogens is 2. The zero-order valence-electron chi connectivity index (χ0n) is 11.1. The van der Waals surface area contributed by atoms with Gasteiger partial charge in [-0.1, -0.05) is 0 Å².